The molecule has 0 saturated heterocycles. The average Bonchev–Trinajstić information content (AvgIpc) is 2.96. The van der Waals surface area contributed by atoms with Gasteiger partial charge in [0.1, 0.15) is 0 Å². The van der Waals surface area contributed by atoms with E-state index >= 15 is 0 Å². The topological polar surface area (TPSA) is 58.9 Å². The largest absolute Gasteiger partial charge is 0.354 e. The molecule has 17 heavy (non-hydrogen) atoms. The number of hydrogen-bond donors (Lipinski definition) is 1. The molecule has 1 aromatic carbocycles. The van der Waals surface area contributed by atoms with Crippen LogP contribution in [0, 0.1) is 10.1 Å². The maximum Gasteiger partial charge on any atom is 0.270 e. The Morgan fingerprint density at radius 2 is 2.12 bits per heavy atom. The summed E-state index contributed by atoms with van der Waals surface area (Å²) >= 11 is 1.64. The van der Waals surface area contributed by atoms with E-state index in [1.54, 1.807) is 23.5 Å². The Bertz CT molecular complexity index is 686. The lowest BCUT2D eigenvalue weighted by molar-refractivity contribution is -0.384. The highest BCUT2D eigenvalue weighted by Crippen LogP contribution is 2.29. The van der Waals surface area contributed by atoms with Gasteiger partial charge < -0.3 is 4.98 Å². The van der Waals surface area contributed by atoms with Crippen LogP contribution in [0.5, 0.6) is 0 Å². The summed E-state index contributed by atoms with van der Waals surface area (Å²) in [6, 6.07) is 10.8. The van der Waals surface area contributed by atoms with Crippen LogP contribution in [0.15, 0.2) is 41.8 Å². The fourth-order valence-corrected chi connectivity index (χ4v) is 2.50. The van der Waals surface area contributed by atoms with E-state index in [-0.39, 0.29) is 10.6 Å². The van der Waals surface area contributed by atoms with Crippen molar-refractivity contribution in [1.29, 1.82) is 0 Å². The van der Waals surface area contributed by atoms with Crippen LogP contribution in [0.3, 0.4) is 0 Å². The zero-order valence-electron chi connectivity index (χ0n) is 8.71. The minimum absolute atomic E-state index is 0.120. The van der Waals surface area contributed by atoms with Crippen molar-refractivity contribution >= 4 is 27.9 Å². The number of H-pyrrole nitrogens is 1. The molecule has 84 valence electrons. The van der Waals surface area contributed by atoms with Gasteiger partial charge >= 0.3 is 0 Å². The van der Waals surface area contributed by atoms with Gasteiger partial charge in [0, 0.05) is 23.0 Å². The second-order valence-electron chi connectivity index (χ2n) is 3.69. The smallest absolute Gasteiger partial charge is 0.270 e. The number of nitrogens with zero attached hydrogens (tertiary/aromatic N) is 1. The maximum absolute atomic E-state index is 10.7. The van der Waals surface area contributed by atoms with Crippen LogP contribution >= 0.6 is 11.3 Å². The molecule has 0 saturated carbocycles. The van der Waals surface area contributed by atoms with Crippen molar-refractivity contribution in [2.24, 2.45) is 0 Å². The van der Waals surface area contributed by atoms with Gasteiger partial charge in [0.25, 0.3) is 5.69 Å². The summed E-state index contributed by atoms with van der Waals surface area (Å²) in [4.78, 5) is 14.7. The monoisotopic (exact) mass is 244 g/mol. The zero-order valence-corrected chi connectivity index (χ0v) is 9.53. The molecule has 0 atom stereocenters. The number of rotatable bonds is 2. The molecule has 0 unspecified atom stereocenters. The highest BCUT2D eigenvalue weighted by molar-refractivity contribution is 7.13. The molecule has 0 radical (unpaired) electrons. The van der Waals surface area contributed by atoms with Crippen molar-refractivity contribution in [3.8, 4) is 10.6 Å². The summed E-state index contributed by atoms with van der Waals surface area (Å²) in [5.41, 5.74) is 2.03. The molecule has 0 spiro atoms. The number of non-ortho nitro benzene ring substituents is 1. The molecule has 4 nitrogen and oxygen atoms in total. The van der Waals surface area contributed by atoms with Crippen LogP contribution in [-0.4, -0.2) is 9.91 Å². The fraction of sp³-hybridized carbons (Fsp3) is 0. The molecular weight excluding hydrogens is 236 g/mol. The van der Waals surface area contributed by atoms with Crippen molar-refractivity contribution < 1.29 is 4.92 Å². The van der Waals surface area contributed by atoms with E-state index < -0.39 is 0 Å². The van der Waals surface area contributed by atoms with Crippen molar-refractivity contribution in [3.05, 3.63) is 51.9 Å². The molecule has 2 heterocycles. The van der Waals surface area contributed by atoms with Gasteiger partial charge in [0.2, 0.25) is 0 Å². The van der Waals surface area contributed by atoms with Gasteiger partial charge in [-0.05, 0) is 23.6 Å². The summed E-state index contributed by atoms with van der Waals surface area (Å²) in [5, 5.41) is 13.5. The molecule has 0 aliphatic heterocycles. The SMILES string of the molecule is O=[N+]([O-])c1ccc2[nH]c(-c3cccs3)cc2c1. The second-order valence-corrected chi connectivity index (χ2v) is 4.64. The third kappa shape index (κ3) is 1.70. The van der Waals surface area contributed by atoms with E-state index in [0.29, 0.717) is 0 Å². The third-order valence-corrected chi connectivity index (χ3v) is 3.50. The first kappa shape index (κ1) is 10.0. The molecule has 1 N–H and O–H groups in total. The fourth-order valence-electron chi connectivity index (χ4n) is 1.80. The van der Waals surface area contributed by atoms with Crippen LogP contribution in [0.2, 0.25) is 0 Å². The first-order chi connectivity index (χ1) is 8.24. The van der Waals surface area contributed by atoms with Crippen LogP contribution in [0.25, 0.3) is 21.5 Å². The van der Waals surface area contributed by atoms with Crippen molar-refractivity contribution in [3.63, 3.8) is 0 Å². The summed E-state index contributed by atoms with van der Waals surface area (Å²) in [6.45, 7) is 0. The molecule has 3 rings (SSSR count). The van der Waals surface area contributed by atoms with Gasteiger partial charge in [-0.15, -0.1) is 11.3 Å². The Morgan fingerprint density at radius 3 is 2.82 bits per heavy atom. The summed E-state index contributed by atoms with van der Waals surface area (Å²) in [7, 11) is 0. The number of benzene rings is 1. The number of aromatic nitrogens is 1. The van der Waals surface area contributed by atoms with Crippen molar-refractivity contribution in [2.45, 2.75) is 0 Å². The quantitative estimate of drug-likeness (QED) is 0.550. The number of hydrogen-bond acceptors (Lipinski definition) is 3. The Hall–Kier alpha value is -2.14. The first-order valence-corrected chi connectivity index (χ1v) is 5.93. The van der Waals surface area contributed by atoms with E-state index in [1.165, 1.54) is 6.07 Å². The molecule has 0 bridgehead atoms. The Kier molecular flexibility index (Phi) is 2.19. The molecule has 0 aliphatic carbocycles. The molecule has 0 aliphatic rings. The number of aromatic amines is 1. The zero-order chi connectivity index (χ0) is 11.8. The summed E-state index contributed by atoms with van der Waals surface area (Å²) < 4.78 is 0. The minimum Gasteiger partial charge on any atom is -0.354 e. The highest BCUT2D eigenvalue weighted by atomic mass is 32.1. The van der Waals surface area contributed by atoms with Crippen LogP contribution < -0.4 is 0 Å². The number of nitro benzene ring substituents is 1. The average molecular weight is 244 g/mol. The minimum atomic E-state index is -0.378. The van der Waals surface area contributed by atoms with Gasteiger partial charge in [-0.1, -0.05) is 6.07 Å². The number of nitro groups is 1. The molecule has 5 heteroatoms. The van der Waals surface area contributed by atoms with Gasteiger partial charge in [-0.25, -0.2) is 0 Å². The lowest BCUT2D eigenvalue weighted by Crippen LogP contribution is -1.86. The third-order valence-electron chi connectivity index (χ3n) is 2.60. The number of nitrogens with one attached hydrogen (secondary N) is 1. The number of thiophene rings is 1. The van der Waals surface area contributed by atoms with Crippen LogP contribution in [-0.2, 0) is 0 Å². The lowest BCUT2D eigenvalue weighted by Gasteiger charge is -1.90. The normalized spacial score (nSPS) is 10.8. The van der Waals surface area contributed by atoms with Crippen LogP contribution in [0.1, 0.15) is 0 Å². The van der Waals surface area contributed by atoms with Gasteiger partial charge in [0.05, 0.1) is 15.5 Å². The Labute approximate surface area is 101 Å². The predicted octanol–water partition coefficient (Wildman–Crippen LogP) is 3.80. The summed E-state index contributed by atoms with van der Waals surface area (Å²) in [6.07, 6.45) is 0. The Morgan fingerprint density at radius 1 is 1.24 bits per heavy atom. The van der Waals surface area contributed by atoms with Crippen molar-refractivity contribution in [2.75, 3.05) is 0 Å². The van der Waals surface area contributed by atoms with E-state index in [1.807, 2.05) is 23.6 Å². The van der Waals surface area contributed by atoms with E-state index in [9.17, 15) is 10.1 Å². The molecule has 3 aromatic rings. The molecular formula is C12H8N2O2S. The Balaban J connectivity index is 2.16. The van der Waals surface area contributed by atoms with Gasteiger partial charge in [-0.3, -0.25) is 10.1 Å². The van der Waals surface area contributed by atoms with Crippen molar-refractivity contribution in [1.82, 2.24) is 4.98 Å². The van der Waals surface area contributed by atoms with Gasteiger partial charge in [-0.2, -0.15) is 0 Å². The summed E-state index contributed by atoms with van der Waals surface area (Å²) in [5.74, 6) is 0. The van der Waals surface area contributed by atoms with E-state index in [2.05, 4.69) is 4.98 Å². The molecule has 0 fully saturated rings. The first-order valence-electron chi connectivity index (χ1n) is 5.05. The molecule has 2 aromatic heterocycles. The van der Waals surface area contributed by atoms with Crippen LogP contribution in [0.4, 0.5) is 5.69 Å². The van der Waals surface area contributed by atoms with Gasteiger partial charge in [0.15, 0.2) is 0 Å². The second kappa shape index (κ2) is 3.71. The predicted molar refractivity (Wildman–Crippen MR) is 68.3 cm³/mol. The molecule has 0 amide bonds. The van der Waals surface area contributed by atoms with E-state index in [4.69, 9.17) is 0 Å². The standard InChI is InChI=1S/C12H8N2O2S/c15-14(16)9-3-4-10-8(6-9)7-11(13-10)12-2-1-5-17-12/h1-7,13H. The number of fused-ring (bicyclic) bond motifs is 1. The maximum atomic E-state index is 10.7. The highest BCUT2D eigenvalue weighted by Gasteiger charge is 2.09. The lowest BCUT2D eigenvalue weighted by atomic mass is 10.2. The van der Waals surface area contributed by atoms with E-state index in [0.717, 1.165) is 21.5 Å².